The summed E-state index contributed by atoms with van der Waals surface area (Å²) >= 11 is 3.31. The molecule has 0 aliphatic heterocycles. The van der Waals surface area contributed by atoms with E-state index in [1.165, 1.54) is 0 Å². The lowest BCUT2D eigenvalue weighted by Gasteiger charge is -2.19. The highest BCUT2D eigenvalue weighted by atomic mass is 79.9. The van der Waals surface area contributed by atoms with E-state index in [4.69, 9.17) is 4.74 Å². The zero-order valence-corrected chi connectivity index (χ0v) is 9.13. The van der Waals surface area contributed by atoms with Gasteiger partial charge in [-0.15, -0.1) is 0 Å². The molecular formula is C8H13BrN2O. The minimum absolute atomic E-state index is 0.113. The van der Waals surface area contributed by atoms with Crippen molar-refractivity contribution in [1.82, 2.24) is 9.78 Å². The molecule has 3 nitrogen and oxygen atoms in total. The van der Waals surface area contributed by atoms with Gasteiger partial charge in [-0.25, -0.2) is 4.68 Å². The van der Waals surface area contributed by atoms with Crippen molar-refractivity contribution in [1.29, 1.82) is 0 Å². The van der Waals surface area contributed by atoms with Gasteiger partial charge in [0, 0.05) is 6.20 Å². The zero-order chi connectivity index (χ0) is 9.19. The van der Waals surface area contributed by atoms with Crippen molar-refractivity contribution in [2.45, 2.75) is 33.1 Å². The second-order valence-corrected chi connectivity index (χ2v) is 4.50. The first-order valence-electron chi connectivity index (χ1n) is 3.79. The van der Waals surface area contributed by atoms with Crippen LogP contribution in [0.25, 0.3) is 0 Å². The zero-order valence-electron chi connectivity index (χ0n) is 7.54. The maximum absolute atomic E-state index is 5.51. The van der Waals surface area contributed by atoms with E-state index >= 15 is 0 Å². The number of halogens is 1. The average Bonchev–Trinajstić information content (AvgIpc) is 2.30. The standard InChI is InChI=1S/C8H13BrN2O/c1-8(2,3)12-6-11-5-7(9)4-10-11/h4-5H,6H2,1-3H3. The van der Waals surface area contributed by atoms with E-state index in [9.17, 15) is 0 Å². The van der Waals surface area contributed by atoms with Gasteiger partial charge < -0.3 is 4.74 Å². The van der Waals surface area contributed by atoms with Crippen molar-refractivity contribution in [3.8, 4) is 0 Å². The minimum atomic E-state index is -0.113. The van der Waals surface area contributed by atoms with Gasteiger partial charge in [-0.2, -0.15) is 5.10 Å². The van der Waals surface area contributed by atoms with E-state index in [1.54, 1.807) is 10.9 Å². The van der Waals surface area contributed by atoms with E-state index in [0.717, 1.165) is 4.47 Å². The van der Waals surface area contributed by atoms with E-state index in [0.29, 0.717) is 6.73 Å². The quantitative estimate of drug-likeness (QED) is 0.784. The topological polar surface area (TPSA) is 27.1 Å². The van der Waals surface area contributed by atoms with Crippen LogP contribution in [0.15, 0.2) is 16.9 Å². The number of hydrogen-bond donors (Lipinski definition) is 0. The number of rotatable bonds is 2. The Kier molecular flexibility index (Phi) is 2.90. The minimum Gasteiger partial charge on any atom is -0.354 e. The molecule has 0 bridgehead atoms. The van der Waals surface area contributed by atoms with Gasteiger partial charge in [0.15, 0.2) is 0 Å². The maximum atomic E-state index is 5.51. The van der Waals surface area contributed by atoms with Crippen LogP contribution >= 0.6 is 15.9 Å². The normalized spacial score (nSPS) is 12.0. The van der Waals surface area contributed by atoms with Crippen molar-refractivity contribution < 1.29 is 4.74 Å². The predicted molar refractivity (Wildman–Crippen MR) is 50.8 cm³/mol. The van der Waals surface area contributed by atoms with Crippen LogP contribution in [0.5, 0.6) is 0 Å². The first-order chi connectivity index (χ1) is 5.47. The molecule has 1 aromatic heterocycles. The predicted octanol–water partition coefficient (Wildman–Crippen LogP) is 2.42. The summed E-state index contributed by atoms with van der Waals surface area (Å²) in [7, 11) is 0. The monoisotopic (exact) mass is 232 g/mol. The van der Waals surface area contributed by atoms with Crippen LogP contribution in [0, 0.1) is 0 Å². The van der Waals surface area contributed by atoms with Crippen LogP contribution in [-0.4, -0.2) is 15.4 Å². The van der Waals surface area contributed by atoms with Crippen LogP contribution in [0.2, 0.25) is 0 Å². The van der Waals surface area contributed by atoms with Crippen LogP contribution in [0.3, 0.4) is 0 Å². The number of nitrogens with zero attached hydrogens (tertiary/aromatic N) is 2. The van der Waals surface area contributed by atoms with E-state index in [1.807, 2.05) is 27.0 Å². The largest absolute Gasteiger partial charge is 0.354 e. The molecule has 0 aliphatic carbocycles. The van der Waals surface area contributed by atoms with Crippen molar-refractivity contribution in [2.75, 3.05) is 0 Å². The van der Waals surface area contributed by atoms with E-state index in [2.05, 4.69) is 21.0 Å². The fraction of sp³-hybridized carbons (Fsp3) is 0.625. The molecule has 0 atom stereocenters. The fourth-order valence-electron chi connectivity index (χ4n) is 0.669. The number of ether oxygens (including phenoxy) is 1. The Morgan fingerprint density at radius 3 is 2.67 bits per heavy atom. The summed E-state index contributed by atoms with van der Waals surface area (Å²) in [6.07, 6.45) is 3.62. The Morgan fingerprint density at radius 2 is 2.25 bits per heavy atom. The molecule has 0 unspecified atom stereocenters. The Labute approximate surface area is 80.8 Å². The van der Waals surface area contributed by atoms with Gasteiger partial charge in [-0.3, -0.25) is 0 Å². The summed E-state index contributed by atoms with van der Waals surface area (Å²) in [4.78, 5) is 0. The van der Waals surface area contributed by atoms with Crippen LogP contribution in [0.1, 0.15) is 20.8 Å². The SMILES string of the molecule is CC(C)(C)OCn1cc(Br)cn1. The summed E-state index contributed by atoms with van der Waals surface area (Å²) in [5.41, 5.74) is -0.113. The van der Waals surface area contributed by atoms with Gasteiger partial charge in [0.2, 0.25) is 0 Å². The third kappa shape index (κ3) is 3.36. The molecule has 12 heavy (non-hydrogen) atoms. The van der Waals surface area contributed by atoms with Gasteiger partial charge in [-0.1, -0.05) is 0 Å². The molecule has 1 aromatic rings. The summed E-state index contributed by atoms with van der Waals surface area (Å²) in [6.45, 7) is 6.55. The Hall–Kier alpha value is -0.350. The van der Waals surface area contributed by atoms with E-state index < -0.39 is 0 Å². The lowest BCUT2D eigenvalue weighted by Crippen LogP contribution is -2.21. The van der Waals surface area contributed by atoms with Gasteiger partial charge in [-0.05, 0) is 36.7 Å². The molecule has 0 aliphatic rings. The van der Waals surface area contributed by atoms with Gasteiger partial charge >= 0.3 is 0 Å². The first-order valence-corrected chi connectivity index (χ1v) is 4.58. The van der Waals surface area contributed by atoms with Gasteiger partial charge in [0.05, 0.1) is 16.3 Å². The van der Waals surface area contributed by atoms with Crippen LogP contribution in [-0.2, 0) is 11.5 Å². The first kappa shape index (κ1) is 9.74. The van der Waals surface area contributed by atoms with Crippen LogP contribution < -0.4 is 0 Å². The Bertz CT molecular complexity index is 252. The molecular weight excluding hydrogens is 220 g/mol. The summed E-state index contributed by atoms with van der Waals surface area (Å²) < 4.78 is 8.23. The van der Waals surface area contributed by atoms with Crippen molar-refractivity contribution in [2.24, 2.45) is 0 Å². The fourth-order valence-corrected chi connectivity index (χ4v) is 0.997. The molecule has 0 amide bonds. The van der Waals surface area contributed by atoms with E-state index in [-0.39, 0.29) is 5.60 Å². The molecule has 0 aromatic carbocycles. The second kappa shape index (κ2) is 3.58. The molecule has 4 heteroatoms. The lowest BCUT2D eigenvalue weighted by molar-refractivity contribution is -0.0479. The van der Waals surface area contributed by atoms with Crippen molar-refractivity contribution in [3.63, 3.8) is 0 Å². The molecule has 0 spiro atoms. The highest BCUT2D eigenvalue weighted by Gasteiger charge is 2.09. The summed E-state index contributed by atoms with van der Waals surface area (Å²) in [6, 6.07) is 0. The molecule has 0 radical (unpaired) electrons. The molecule has 1 rings (SSSR count). The molecule has 1 heterocycles. The third-order valence-corrected chi connectivity index (χ3v) is 1.64. The van der Waals surface area contributed by atoms with Gasteiger partial charge in [0.1, 0.15) is 6.73 Å². The highest BCUT2D eigenvalue weighted by Crippen LogP contribution is 2.10. The molecule has 0 N–H and O–H groups in total. The van der Waals surface area contributed by atoms with Gasteiger partial charge in [0.25, 0.3) is 0 Å². The molecule has 0 fully saturated rings. The Balaban J connectivity index is 2.44. The third-order valence-electron chi connectivity index (χ3n) is 1.23. The summed E-state index contributed by atoms with van der Waals surface area (Å²) in [5, 5.41) is 4.06. The maximum Gasteiger partial charge on any atom is 0.140 e. The number of hydrogen-bond acceptors (Lipinski definition) is 2. The molecule has 68 valence electrons. The average molecular weight is 233 g/mol. The van der Waals surface area contributed by atoms with Crippen molar-refractivity contribution >= 4 is 15.9 Å². The lowest BCUT2D eigenvalue weighted by atomic mass is 10.2. The molecule has 0 saturated carbocycles. The number of aromatic nitrogens is 2. The van der Waals surface area contributed by atoms with Crippen molar-refractivity contribution in [3.05, 3.63) is 16.9 Å². The smallest absolute Gasteiger partial charge is 0.140 e. The second-order valence-electron chi connectivity index (χ2n) is 3.58. The molecule has 0 saturated heterocycles. The van der Waals surface area contributed by atoms with Crippen LogP contribution in [0.4, 0.5) is 0 Å². The summed E-state index contributed by atoms with van der Waals surface area (Å²) in [5.74, 6) is 0. The highest BCUT2D eigenvalue weighted by molar-refractivity contribution is 9.10. The Morgan fingerprint density at radius 1 is 1.58 bits per heavy atom.